The van der Waals surface area contributed by atoms with Crippen LogP contribution in [-0.2, 0) is 0 Å². The van der Waals surface area contributed by atoms with Crippen LogP contribution in [0.4, 0.5) is 0 Å². The van der Waals surface area contributed by atoms with Crippen LogP contribution in [-0.4, -0.2) is 5.75 Å². The zero-order valence-electron chi connectivity index (χ0n) is 3.76. The van der Waals surface area contributed by atoms with Crippen LogP contribution in [0.1, 0.15) is 0 Å². The van der Waals surface area contributed by atoms with Crippen molar-refractivity contribution in [3.05, 3.63) is 22.5 Å². The Morgan fingerprint density at radius 3 is 2.86 bits per heavy atom. The topological polar surface area (TPSA) is 0 Å². The van der Waals surface area contributed by atoms with Crippen LogP contribution >= 0.6 is 24.4 Å². The number of allylic oxidation sites excluding steroid dienone is 2. The first-order chi connectivity index (χ1) is 3.39. The maximum absolute atomic E-state index is 4.86. The van der Waals surface area contributed by atoms with Crippen molar-refractivity contribution >= 4 is 24.4 Å². The van der Waals surface area contributed by atoms with Gasteiger partial charge in [0.1, 0.15) is 0 Å². The minimum atomic E-state index is 1.00. The standard InChI is InChI=1S/C5H5S2/c6-5-3-1-2-4-7-5/h1-3H,4H2. The lowest BCUT2D eigenvalue weighted by molar-refractivity contribution is 1.74. The van der Waals surface area contributed by atoms with E-state index in [2.05, 4.69) is 6.08 Å². The average molecular weight is 129 g/mol. The maximum atomic E-state index is 4.86. The van der Waals surface area contributed by atoms with Crippen LogP contribution in [0.2, 0.25) is 0 Å². The van der Waals surface area contributed by atoms with Crippen molar-refractivity contribution in [2.75, 3.05) is 5.75 Å². The lowest BCUT2D eigenvalue weighted by atomic mass is 10.5. The Morgan fingerprint density at radius 1 is 1.71 bits per heavy atom. The molecule has 0 amide bonds. The Kier molecular flexibility index (Phi) is 1.77. The van der Waals surface area contributed by atoms with Crippen LogP contribution in [0.5, 0.6) is 0 Å². The van der Waals surface area contributed by atoms with E-state index in [0.29, 0.717) is 0 Å². The normalized spacial score (nSPS) is 19.1. The summed E-state index contributed by atoms with van der Waals surface area (Å²) >= 11 is 6.57. The molecule has 0 unspecified atom stereocenters. The molecule has 0 saturated heterocycles. The van der Waals surface area contributed by atoms with Crippen molar-refractivity contribution in [3.8, 4) is 0 Å². The molecule has 1 aliphatic heterocycles. The van der Waals surface area contributed by atoms with Crippen molar-refractivity contribution in [1.82, 2.24) is 0 Å². The second-order valence-corrected chi connectivity index (χ2v) is 2.98. The minimum Gasteiger partial charge on any atom is -0.110 e. The summed E-state index contributed by atoms with van der Waals surface area (Å²) in [6, 6.07) is 0. The predicted octanol–water partition coefficient (Wildman–Crippen LogP) is 2.33. The number of thioether (sulfide) groups is 1. The van der Waals surface area contributed by atoms with Gasteiger partial charge in [0, 0.05) is 5.75 Å². The highest BCUT2D eigenvalue weighted by atomic mass is 32.2. The smallest absolute Gasteiger partial charge is 0.0708 e. The largest absolute Gasteiger partial charge is 0.110 e. The Morgan fingerprint density at radius 2 is 2.57 bits per heavy atom. The van der Waals surface area contributed by atoms with Gasteiger partial charge in [-0.2, -0.15) is 0 Å². The fourth-order valence-electron chi connectivity index (χ4n) is 0.381. The fraction of sp³-hybridized carbons (Fsp3) is 0.200. The number of hydrogen-bond donors (Lipinski definition) is 0. The van der Waals surface area contributed by atoms with E-state index in [9.17, 15) is 0 Å². The summed E-state index contributed by atoms with van der Waals surface area (Å²) in [5.74, 6) is 1.05. The predicted molar refractivity (Wildman–Crippen MR) is 37.3 cm³/mol. The first kappa shape index (κ1) is 5.19. The Balaban J connectivity index is 2.57. The van der Waals surface area contributed by atoms with Crippen molar-refractivity contribution < 1.29 is 0 Å². The zero-order chi connectivity index (χ0) is 5.11. The first-order valence-corrected chi connectivity index (χ1v) is 3.45. The van der Waals surface area contributed by atoms with Gasteiger partial charge < -0.3 is 0 Å². The molecule has 0 nitrogen and oxygen atoms in total. The molecule has 1 heterocycles. The Bertz CT molecular complexity index is 113. The van der Waals surface area contributed by atoms with Gasteiger partial charge in [-0.15, -0.1) is 11.8 Å². The molecule has 1 aliphatic rings. The molecule has 2 heteroatoms. The van der Waals surface area contributed by atoms with E-state index in [-0.39, 0.29) is 0 Å². The summed E-state index contributed by atoms with van der Waals surface area (Å²) in [5.41, 5.74) is 0. The molecular formula is C5H5S2. The third kappa shape index (κ3) is 1.53. The molecule has 0 bridgehead atoms. The molecule has 0 aliphatic carbocycles. The molecule has 1 radical (unpaired) electrons. The Hall–Kier alpha value is 0.0500. The molecule has 7 heavy (non-hydrogen) atoms. The molecule has 1 rings (SSSR count). The molecule has 0 spiro atoms. The maximum Gasteiger partial charge on any atom is 0.0708 e. The van der Waals surface area contributed by atoms with E-state index in [1.165, 1.54) is 0 Å². The second-order valence-electron chi connectivity index (χ2n) is 1.22. The molecule has 37 valence electrons. The van der Waals surface area contributed by atoms with Crippen LogP contribution in [0, 0.1) is 0 Å². The van der Waals surface area contributed by atoms with E-state index in [0.717, 1.165) is 9.99 Å². The van der Waals surface area contributed by atoms with E-state index < -0.39 is 0 Å². The minimum absolute atomic E-state index is 1.00. The highest BCUT2D eigenvalue weighted by molar-refractivity contribution is 8.15. The van der Waals surface area contributed by atoms with Crippen molar-refractivity contribution in [2.24, 2.45) is 0 Å². The molecule has 0 aromatic carbocycles. The van der Waals surface area contributed by atoms with Gasteiger partial charge in [-0.25, -0.2) is 0 Å². The van der Waals surface area contributed by atoms with Crippen molar-refractivity contribution in [3.63, 3.8) is 0 Å². The quantitative estimate of drug-likeness (QED) is 0.483. The van der Waals surface area contributed by atoms with Crippen LogP contribution in [0.15, 0.2) is 22.5 Å². The highest BCUT2D eigenvalue weighted by Crippen LogP contribution is 2.21. The summed E-state index contributed by atoms with van der Waals surface area (Å²) in [6.07, 6.45) is 6.04. The van der Waals surface area contributed by atoms with Gasteiger partial charge in [-0.05, 0) is 6.08 Å². The van der Waals surface area contributed by atoms with E-state index in [1.807, 2.05) is 12.2 Å². The molecule has 0 aromatic heterocycles. The van der Waals surface area contributed by atoms with Gasteiger partial charge in [0.25, 0.3) is 0 Å². The van der Waals surface area contributed by atoms with Gasteiger partial charge in [-0.3, -0.25) is 0 Å². The number of hydrogen-bond acceptors (Lipinski definition) is 1. The van der Waals surface area contributed by atoms with E-state index in [1.54, 1.807) is 11.8 Å². The summed E-state index contributed by atoms with van der Waals surface area (Å²) in [7, 11) is 0. The van der Waals surface area contributed by atoms with Gasteiger partial charge in [0.15, 0.2) is 0 Å². The molecule has 0 N–H and O–H groups in total. The third-order valence-corrected chi connectivity index (χ3v) is 1.96. The molecule has 0 saturated carbocycles. The van der Waals surface area contributed by atoms with Crippen LogP contribution < -0.4 is 0 Å². The van der Waals surface area contributed by atoms with Gasteiger partial charge >= 0.3 is 0 Å². The van der Waals surface area contributed by atoms with Gasteiger partial charge in [-0.1, -0.05) is 24.8 Å². The third-order valence-electron chi connectivity index (χ3n) is 0.690. The zero-order valence-corrected chi connectivity index (χ0v) is 5.39. The second kappa shape index (κ2) is 2.38. The molecule has 0 atom stereocenters. The average Bonchev–Trinajstić information content (AvgIpc) is 1.69. The lowest BCUT2D eigenvalue weighted by Crippen LogP contribution is -1.73. The van der Waals surface area contributed by atoms with Crippen molar-refractivity contribution in [2.45, 2.75) is 0 Å². The summed E-state index contributed by atoms with van der Waals surface area (Å²) in [4.78, 5) is 0. The summed E-state index contributed by atoms with van der Waals surface area (Å²) in [6.45, 7) is 0. The summed E-state index contributed by atoms with van der Waals surface area (Å²) in [5, 5.41) is 0. The van der Waals surface area contributed by atoms with E-state index in [4.69, 9.17) is 12.6 Å². The monoisotopic (exact) mass is 129 g/mol. The lowest BCUT2D eigenvalue weighted by Gasteiger charge is -1.96. The number of rotatable bonds is 0. The first-order valence-electron chi connectivity index (χ1n) is 2.06. The SMILES string of the molecule is [S]C1=CC=CCS1. The molecular weight excluding hydrogens is 124 g/mol. The Labute approximate surface area is 53.1 Å². The van der Waals surface area contributed by atoms with Gasteiger partial charge in [0.2, 0.25) is 0 Å². The summed E-state index contributed by atoms with van der Waals surface area (Å²) < 4.78 is 1.00. The highest BCUT2D eigenvalue weighted by Gasteiger charge is 1.91. The van der Waals surface area contributed by atoms with E-state index >= 15 is 0 Å². The molecule has 0 aromatic rings. The fourth-order valence-corrected chi connectivity index (χ4v) is 1.21. The van der Waals surface area contributed by atoms with Crippen LogP contribution in [0.25, 0.3) is 0 Å². The van der Waals surface area contributed by atoms with Crippen molar-refractivity contribution in [1.29, 1.82) is 0 Å². The van der Waals surface area contributed by atoms with Gasteiger partial charge in [0.05, 0.1) is 4.24 Å². The van der Waals surface area contributed by atoms with Crippen LogP contribution in [0.3, 0.4) is 0 Å². The molecule has 0 fully saturated rings.